The second-order valence-electron chi connectivity index (χ2n) is 7.25. The Morgan fingerprint density at radius 3 is 2.24 bits per heavy atom. The second kappa shape index (κ2) is 4.61. The lowest BCUT2D eigenvalue weighted by Crippen LogP contribution is -2.40. The Kier molecular flexibility index (Phi) is 3.50. The zero-order valence-corrected chi connectivity index (χ0v) is 11.6. The first-order valence-corrected chi connectivity index (χ1v) is 7.05. The summed E-state index contributed by atoms with van der Waals surface area (Å²) in [4.78, 5) is 2.60. The molecular formula is C15H26N2. The van der Waals surface area contributed by atoms with Gasteiger partial charge in [-0.25, -0.2) is 0 Å². The molecule has 0 N–H and O–H groups in total. The van der Waals surface area contributed by atoms with Crippen LogP contribution in [-0.4, -0.2) is 24.5 Å². The fraction of sp³-hybridized carbons (Fsp3) is 0.933. The van der Waals surface area contributed by atoms with Crippen LogP contribution in [0.2, 0.25) is 0 Å². The zero-order valence-electron chi connectivity index (χ0n) is 11.6. The van der Waals surface area contributed by atoms with Gasteiger partial charge in [0.15, 0.2) is 0 Å². The Morgan fingerprint density at radius 1 is 1.24 bits per heavy atom. The van der Waals surface area contributed by atoms with Crippen molar-refractivity contribution >= 4 is 0 Å². The summed E-state index contributed by atoms with van der Waals surface area (Å²) in [6, 6.07) is 2.37. The minimum absolute atomic E-state index is 0.392. The average molecular weight is 234 g/mol. The van der Waals surface area contributed by atoms with Crippen molar-refractivity contribution in [3.05, 3.63) is 0 Å². The number of piperidine rings is 1. The van der Waals surface area contributed by atoms with Crippen molar-refractivity contribution in [3.8, 4) is 6.07 Å². The largest absolute Gasteiger partial charge is 0.303 e. The van der Waals surface area contributed by atoms with Crippen LogP contribution in [0, 0.1) is 28.1 Å². The number of nitrogens with zero attached hydrogens (tertiary/aromatic N) is 2. The summed E-state index contributed by atoms with van der Waals surface area (Å²) in [7, 11) is 0. The minimum Gasteiger partial charge on any atom is -0.303 e. The lowest BCUT2D eigenvalue weighted by atomic mass is 9.75. The molecule has 0 aromatic carbocycles. The number of rotatable bonds is 3. The SMILES string of the molecule is CC(C)(C)C1CCN(CC2(CC#N)CC2)CC1. The van der Waals surface area contributed by atoms with Gasteiger partial charge in [-0.1, -0.05) is 20.8 Å². The van der Waals surface area contributed by atoms with Gasteiger partial charge in [-0.15, -0.1) is 0 Å². The molecule has 0 bridgehead atoms. The number of hydrogen-bond acceptors (Lipinski definition) is 2. The lowest BCUT2D eigenvalue weighted by Gasteiger charge is -2.39. The molecule has 2 fully saturated rings. The highest BCUT2D eigenvalue weighted by atomic mass is 15.1. The van der Waals surface area contributed by atoms with Gasteiger partial charge >= 0.3 is 0 Å². The van der Waals surface area contributed by atoms with Gasteiger partial charge in [0.1, 0.15) is 0 Å². The molecule has 0 amide bonds. The predicted molar refractivity (Wildman–Crippen MR) is 70.5 cm³/mol. The third kappa shape index (κ3) is 3.22. The predicted octanol–water partition coefficient (Wildman–Crippen LogP) is 3.44. The van der Waals surface area contributed by atoms with Gasteiger partial charge in [-0.05, 0) is 55.5 Å². The summed E-state index contributed by atoms with van der Waals surface area (Å²) in [5, 5.41) is 8.85. The molecule has 2 aliphatic rings. The average Bonchev–Trinajstić information content (AvgIpc) is 2.98. The molecule has 0 spiro atoms. The van der Waals surface area contributed by atoms with Gasteiger partial charge in [0.2, 0.25) is 0 Å². The summed E-state index contributed by atoms with van der Waals surface area (Å²) < 4.78 is 0. The van der Waals surface area contributed by atoms with Crippen molar-refractivity contribution in [2.75, 3.05) is 19.6 Å². The summed E-state index contributed by atoms with van der Waals surface area (Å²) in [5.41, 5.74) is 0.860. The highest BCUT2D eigenvalue weighted by Gasteiger charge is 2.44. The van der Waals surface area contributed by atoms with Crippen LogP contribution in [0.15, 0.2) is 0 Å². The van der Waals surface area contributed by atoms with E-state index in [2.05, 4.69) is 31.7 Å². The molecule has 1 saturated heterocycles. The van der Waals surface area contributed by atoms with Crippen molar-refractivity contribution < 1.29 is 0 Å². The third-order valence-corrected chi connectivity index (χ3v) is 4.78. The molecule has 0 unspecified atom stereocenters. The fourth-order valence-electron chi connectivity index (χ4n) is 3.17. The van der Waals surface area contributed by atoms with Crippen LogP contribution in [-0.2, 0) is 0 Å². The zero-order chi connectivity index (χ0) is 12.5. The van der Waals surface area contributed by atoms with Crippen molar-refractivity contribution in [1.29, 1.82) is 5.26 Å². The van der Waals surface area contributed by atoms with Gasteiger partial charge in [-0.3, -0.25) is 0 Å². The molecule has 0 radical (unpaired) electrons. The second-order valence-corrected chi connectivity index (χ2v) is 7.25. The Morgan fingerprint density at radius 2 is 1.82 bits per heavy atom. The van der Waals surface area contributed by atoms with Crippen LogP contribution >= 0.6 is 0 Å². The quantitative estimate of drug-likeness (QED) is 0.748. The molecular weight excluding hydrogens is 208 g/mol. The van der Waals surface area contributed by atoms with Gasteiger partial charge in [0.05, 0.1) is 6.07 Å². The van der Waals surface area contributed by atoms with E-state index in [1.807, 2.05) is 0 Å². The van der Waals surface area contributed by atoms with Crippen LogP contribution in [0.5, 0.6) is 0 Å². The number of nitriles is 1. The normalized spacial score (nSPS) is 25.5. The van der Waals surface area contributed by atoms with E-state index in [1.54, 1.807) is 0 Å². The monoisotopic (exact) mass is 234 g/mol. The Labute approximate surface area is 106 Å². The molecule has 17 heavy (non-hydrogen) atoms. The summed E-state index contributed by atoms with van der Waals surface area (Å²) in [6.45, 7) is 10.8. The van der Waals surface area contributed by atoms with Gasteiger partial charge < -0.3 is 4.90 Å². The van der Waals surface area contributed by atoms with Gasteiger partial charge in [-0.2, -0.15) is 5.26 Å². The number of hydrogen-bond donors (Lipinski definition) is 0. The van der Waals surface area contributed by atoms with E-state index in [1.165, 1.54) is 45.3 Å². The highest BCUT2D eigenvalue weighted by molar-refractivity contribution is 5.01. The van der Waals surface area contributed by atoms with Crippen LogP contribution in [0.1, 0.15) is 52.9 Å². The van der Waals surface area contributed by atoms with Gasteiger partial charge in [0, 0.05) is 13.0 Å². The van der Waals surface area contributed by atoms with E-state index in [4.69, 9.17) is 5.26 Å². The number of likely N-dealkylation sites (tertiary alicyclic amines) is 1. The molecule has 2 nitrogen and oxygen atoms in total. The first-order chi connectivity index (χ1) is 7.95. The topological polar surface area (TPSA) is 27.0 Å². The van der Waals surface area contributed by atoms with E-state index in [-0.39, 0.29) is 0 Å². The molecule has 1 heterocycles. The molecule has 1 aliphatic carbocycles. The van der Waals surface area contributed by atoms with E-state index in [0.717, 1.165) is 12.3 Å². The van der Waals surface area contributed by atoms with E-state index in [9.17, 15) is 0 Å². The fourth-order valence-corrected chi connectivity index (χ4v) is 3.17. The molecule has 1 saturated carbocycles. The van der Waals surface area contributed by atoms with Crippen LogP contribution in [0.4, 0.5) is 0 Å². The van der Waals surface area contributed by atoms with Crippen LogP contribution in [0.25, 0.3) is 0 Å². The van der Waals surface area contributed by atoms with Crippen molar-refractivity contribution in [3.63, 3.8) is 0 Å². The standard InChI is InChI=1S/C15H26N2/c1-14(2,3)13-4-10-17(11-5-13)12-15(6-7-15)8-9-16/h13H,4-8,10-12H2,1-3H3. The Hall–Kier alpha value is -0.550. The maximum atomic E-state index is 8.85. The van der Waals surface area contributed by atoms with Crippen molar-refractivity contribution in [1.82, 2.24) is 4.90 Å². The smallest absolute Gasteiger partial charge is 0.0628 e. The highest BCUT2D eigenvalue weighted by Crippen LogP contribution is 2.49. The van der Waals surface area contributed by atoms with E-state index >= 15 is 0 Å². The summed E-state index contributed by atoms with van der Waals surface area (Å²) in [6.07, 6.45) is 6.00. The molecule has 2 rings (SSSR count). The van der Waals surface area contributed by atoms with Crippen molar-refractivity contribution in [2.24, 2.45) is 16.7 Å². The Balaban J connectivity index is 1.78. The maximum Gasteiger partial charge on any atom is 0.0628 e. The van der Waals surface area contributed by atoms with Crippen molar-refractivity contribution in [2.45, 2.75) is 52.9 Å². The summed E-state index contributed by atoms with van der Waals surface area (Å²) in [5.74, 6) is 0.880. The summed E-state index contributed by atoms with van der Waals surface area (Å²) >= 11 is 0. The first-order valence-electron chi connectivity index (χ1n) is 7.05. The van der Waals surface area contributed by atoms with Gasteiger partial charge in [0.25, 0.3) is 0 Å². The lowest BCUT2D eigenvalue weighted by molar-refractivity contribution is 0.0978. The minimum atomic E-state index is 0.392. The molecule has 0 atom stereocenters. The van der Waals surface area contributed by atoms with E-state index < -0.39 is 0 Å². The first kappa shape index (κ1) is 12.9. The molecule has 96 valence electrons. The van der Waals surface area contributed by atoms with Crippen LogP contribution < -0.4 is 0 Å². The van der Waals surface area contributed by atoms with Crippen LogP contribution in [0.3, 0.4) is 0 Å². The maximum absolute atomic E-state index is 8.85. The molecule has 0 aromatic heterocycles. The molecule has 1 aliphatic heterocycles. The molecule has 2 heteroatoms. The Bertz CT molecular complexity index is 296. The molecule has 0 aromatic rings. The third-order valence-electron chi connectivity index (χ3n) is 4.78. The van der Waals surface area contributed by atoms with E-state index in [0.29, 0.717) is 10.8 Å².